The molecule has 1 unspecified atom stereocenters. The lowest BCUT2D eigenvalue weighted by Gasteiger charge is -2.30. The predicted molar refractivity (Wildman–Crippen MR) is 65.2 cm³/mol. The van der Waals surface area contributed by atoms with Gasteiger partial charge in [0.25, 0.3) is 10.2 Å². The summed E-state index contributed by atoms with van der Waals surface area (Å²) in [4.78, 5) is 10.4. The van der Waals surface area contributed by atoms with Crippen LogP contribution in [-0.2, 0) is 15.0 Å². The molecule has 0 aliphatic heterocycles. The van der Waals surface area contributed by atoms with Gasteiger partial charge in [0, 0.05) is 19.6 Å². The Hall–Kier alpha value is -0.700. The van der Waals surface area contributed by atoms with Crippen molar-refractivity contribution in [3.05, 3.63) is 0 Å². The summed E-state index contributed by atoms with van der Waals surface area (Å²) in [5.41, 5.74) is 0. The minimum Gasteiger partial charge on any atom is -0.479 e. The largest absolute Gasteiger partial charge is 0.479 e. The molecule has 0 radical (unpaired) electrons. The maximum Gasteiger partial charge on any atom is 0.333 e. The number of nitrogens with one attached hydrogen (secondary N) is 1. The van der Waals surface area contributed by atoms with Crippen molar-refractivity contribution in [2.24, 2.45) is 0 Å². The van der Waals surface area contributed by atoms with Gasteiger partial charge in [0.2, 0.25) is 0 Å². The summed E-state index contributed by atoms with van der Waals surface area (Å²) in [5, 5.41) is 17.5. The molecule has 7 nitrogen and oxygen atoms in total. The van der Waals surface area contributed by atoms with Crippen LogP contribution in [0.4, 0.5) is 0 Å². The fourth-order valence-electron chi connectivity index (χ4n) is 2.01. The van der Waals surface area contributed by atoms with Crippen LogP contribution in [0.1, 0.15) is 32.1 Å². The van der Waals surface area contributed by atoms with Crippen molar-refractivity contribution in [1.29, 1.82) is 0 Å². The van der Waals surface area contributed by atoms with Gasteiger partial charge < -0.3 is 10.2 Å². The first-order valence-electron chi connectivity index (χ1n) is 5.98. The highest BCUT2D eigenvalue weighted by Gasteiger charge is 2.28. The third-order valence-corrected chi connectivity index (χ3v) is 4.80. The summed E-state index contributed by atoms with van der Waals surface area (Å²) < 4.78 is 27.1. The zero-order chi connectivity index (χ0) is 13.8. The van der Waals surface area contributed by atoms with Gasteiger partial charge in [0.15, 0.2) is 6.10 Å². The maximum atomic E-state index is 11.9. The molecule has 0 aromatic heterocycles. The van der Waals surface area contributed by atoms with Crippen molar-refractivity contribution >= 4 is 16.2 Å². The van der Waals surface area contributed by atoms with Gasteiger partial charge in [-0.1, -0.05) is 19.3 Å². The van der Waals surface area contributed by atoms with E-state index >= 15 is 0 Å². The van der Waals surface area contributed by atoms with Crippen LogP contribution in [0.3, 0.4) is 0 Å². The second-order valence-electron chi connectivity index (χ2n) is 4.52. The van der Waals surface area contributed by atoms with E-state index in [4.69, 9.17) is 10.2 Å². The van der Waals surface area contributed by atoms with Crippen molar-refractivity contribution in [2.75, 3.05) is 13.6 Å². The first-order chi connectivity index (χ1) is 8.34. The molecule has 0 saturated heterocycles. The number of aliphatic carboxylic acids is 1. The monoisotopic (exact) mass is 280 g/mol. The quantitative estimate of drug-likeness (QED) is 0.610. The van der Waals surface area contributed by atoms with Crippen molar-refractivity contribution in [3.8, 4) is 0 Å². The number of rotatable bonds is 6. The van der Waals surface area contributed by atoms with Crippen molar-refractivity contribution < 1.29 is 23.4 Å². The molecule has 0 aromatic carbocycles. The van der Waals surface area contributed by atoms with E-state index in [1.807, 2.05) is 0 Å². The molecular weight excluding hydrogens is 260 g/mol. The van der Waals surface area contributed by atoms with E-state index in [-0.39, 0.29) is 6.04 Å². The van der Waals surface area contributed by atoms with Gasteiger partial charge in [0.1, 0.15) is 0 Å². The van der Waals surface area contributed by atoms with Gasteiger partial charge in [0.05, 0.1) is 0 Å². The molecule has 1 fully saturated rings. The van der Waals surface area contributed by atoms with E-state index in [0.717, 1.165) is 32.1 Å². The second-order valence-corrected chi connectivity index (χ2v) is 6.33. The van der Waals surface area contributed by atoms with Gasteiger partial charge in [-0.15, -0.1) is 0 Å². The normalized spacial score (nSPS) is 19.9. The topological polar surface area (TPSA) is 107 Å². The summed E-state index contributed by atoms with van der Waals surface area (Å²) in [5.74, 6) is -1.45. The minimum absolute atomic E-state index is 0.0433. The van der Waals surface area contributed by atoms with Crippen molar-refractivity contribution in [2.45, 2.75) is 44.2 Å². The van der Waals surface area contributed by atoms with Crippen molar-refractivity contribution in [1.82, 2.24) is 9.03 Å². The van der Waals surface area contributed by atoms with E-state index in [1.54, 1.807) is 0 Å². The first kappa shape index (κ1) is 15.4. The van der Waals surface area contributed by atoms with Crippen LogP contribution in [0.5, 0.6) is 0 Å². The summed E-state index contributed by atoms with van der Waals surface area (Å²) in [6.45, 7) is -0.519. The molecule has 1 saturated carbocycles. The van der Waals surface area contributed by atoms with Gasteiger partial charge in [-0.3, -0.25) is 0 Å². The summed E-state index contributed by atoms with van der Waals surface area (Å²) >= 11 is 0. The van der Waals surface area contributed by atoms with E-state index in [2.05, 4.69) is 4.72 Å². The van der Waals surface area contributed by atoms with Gasteiger partial charge >= 0.3 is 5.97 Å². The smallest absolute Gasteiger partial charge is 0.333 e. The highest BCUT2D eigenvalue weighted by atomic mass is 32.2. The fourth-order valence-corrected chi connectivity index (χ4v) is 3.19. The predicted octanol–water partition coefficient (Wildman–Crippen LogP) is -0.469. The highest BCUT2D eigenvalue weighted by molar-refractivity contribution is 7.87. The molecule has 0 bridgehead atoms. The van der Waals surface area contributed by atoms with Crippen molar-refractivity contribution in [3.63, 3.8) is 0 Å². The Balaban J connectivity index is 2.53. The molecule has 0 amide bonds. The average molecular weight is 280 g/mol. The Morgan fingerprint density at radius 2 is 1.94 bits per heavy atom. The zero-order valence-electron chi connectivity index (χ0n) is 10.4. The molecule has 8 heteroatoms. The fraction of sp³-hybridized carbons (Fsp3) is 0.900. The molecule has 3 N–H and O–H groups in total. The Labute approximate surface area is 107 Å². The SMILES string of the molecule is CN(C1CCCCC1)S(=O)(=O)NCC(O)C(=O)O. The van der Waals surface area contributed by atoms with Crippen LogP contribution in [0.25, 0.3) is 0 Å². The van der Waals surface area contributed by atoms with Crippen LogP contribution in [0, 0.1) is 0 Å². The van der Waals surface area contributed by atoms with E-state index in [1.165, 1.54) is 11.4 Å². The second kappa shape index (κ2) is 6.46. The zero-order valence-corrected chi connectivity index (χ0v) is 11.2. The molecule has 1 atom stereocenters. The lowest BCUT2D eigenvalue weighted by Crippen LogP contribution is -2.47. The number of carboxylic acids is 1. The average Bonchev–Trinajstić information content (AvgIpc) is 2.36. The molecular formula is C10H20N2O5S. The van der Waals surface area contributed by atoms with Gasteiger partial charge in [-0.05, 0) is 12.8 Å². The van der Waals surface area contributed by atoms with Crippen LogP contribution in [0.15, 0.2) is 0 Å². The number of carbonyl (C=O) groups is 1. The van der Waals surface area contributed by atoms with Gasteiger partial charge in [-0.25, -0.2) is 4.79 Å². The lowest BCUT2D eigenvalue weighted by molar-refractivity contribution is -0.146. The first-order valence-corrected chi connectivity index (χ1v) is 7.42. The Morgan fingerprint density at radius 3 is 2.44 bits per heavy atom. The van der Waals surface area contributed by atoms with E-state index in [0.29, 0.717) is 0 Å². The third kappa shape index (κ3) is 4.20. The van der Waals surface area contributed by atoms with E-state index in [9.17, 15) is 13.2 Å². The summed E-state index contributed by atoms with van der Waals surface area (Å²) in [6.07, 6.45) is 3.04. The number of nitrogens with zero attached hydrogens (tertiary/aromatic N) is 1. The molecule has 1 rings (SSSR count). The van der Waals surface area contributed by atoms with E-state index < -0.39 is 28.8 Å². The number of hydrogen-bond donors (Lipinski definition) is 3. The lowest BCUT2D eigenvalue weighted by atomic mass is 9.96. The third-order valence-electron chi connectivity index (χ3n) is 3.21. The molecule has 1 aliphatic carbocycles. The summed E-state index contributed by atoms with van der Waals surface area (Å²) in [6, 6.07) is -0.0433. The minimum atomic E-state index is -3.73. The number of hydrogen-bond acceptors (Lipinski definition) is 4. The highest BCUT2D eigenvalue weighted by Crippen LogP contribution is 2.22. The Morgan fingerprint density at radius 1 is 1.39 bits per heavy atom. The number of aliphatic hydroxyl groups is 1. The number of aliphatic hydroxyl groups excluding tert-OH is 1. The van der Waals surface area contributed by atoms with Gasteiger partial charge in [-0.2, -0.15) is 17.4 Å². The van der Waals surface area contributed by atoms with Crippen LogP contribution in [-0.4, -0.2) is 54.6 Å². The van der Waals surface area contributed by atoms with Crippen LogP contribution >= 0.6 is 0 Å². The Bertz CT molecular complexity index is 378. The standard InChI is InChI=1S/C10H20N2O5S/c1-12(8-5-3-2-4-6-8)18(16,17)11-7-9(13)10(14)15/h8-9,11,13H,2-7H2,1H3,(H,14,15). The molecule has 0 spiro atoms. The summed E-state index contributed by atoms with van der Waals surface area (Å²) in [7, 11) is -2.25. The molecule has 1 aliphatic rings. The molecule has 18 heavy (non-hydrogen) atoms. The molecule has 0 heterocycles. The number of carboxylic acid groups (broad SMARTS) is 1. The Kier molecular flexibility index (Phi) is 5.51. The maximum absolute atomic E-state index is 11.9. The van der Waals surface area contributed by atoms with Crippen LogP contribution < -0.4 is 4.72 Å². The molecule has 0 aromatic rings. The molecule has 106 valence electrons. The van der Waals surface area contributed by atoms with Crippen LogP contribution in [0.2, 0.25) is 0 Å².